The van der Waals surface area contributed by atoms with E-state index in [1.165, 1.54) is 0 Å². The molecule has 1 aromatic rings. The molecule has 1 aromatic carbocycles. The molecule has 0 saturated carbocycles. The minimum absolute atomic E-state index is 0. The monoisotopic (exact) mass is 445 g/mol. The molecule has 1 aliphatic carbocycles. The molecule has 2 N–H and O–H groups in total. The maximum atomic E-state index is 5.56. The van der Waals surface area contributed by atoms with E-state index >= 15 is 0 Å². The molecule has 0 unspecified atom stereocenters. The van der Waals surface area contributed by atoms with Crippen molar-refractivity contribution in [3.8, 4) is 5.75 Å². The maximum absolute atomic E-state index is 5.56. The Balaban J connectivity index is 0.00000288. The lowest BCUT2D eigenvalue weighted by Crippen LogP contribution is -2.42. The van der Waals surface area contributed by atoms with Crippen molar-refractivity contribution in [2.24, 2.45) is 4.99 Å². The predicted octanol–water partition coefficient (Wildman–Crippen LogP) is 3.10. The molecule has 0 aliphatic heterocycles. The van der Waals surface area contributed by atoms with E-state index in [4.69, 9.17) is 9.47 Å². The van der Waals surface area contributed by atoms with Gasteiger partial charge in [0.1, 0.15) is 12.4 Å². The number of nitrogens with zero attached hydrogens (tertiary/aromatic N) is 1. The fourth-order valence-corrected chi connectivity index (χ4v) is 2.35. The van der Waals surface area contributed by atoms with Crippen molar-refractivity contribution in [1.29, 1.82) is 0 Å². The van der Waals surface area contributed by atoms with E-state index in [0.717, 1.165) is 36.7 Å². The normalized spacial score (nSPS) is 14.3. The van der Waals surface area contributed by atoms with Gasteiger partial charge in [0.25, 0.3) is 0 Å². The highest BCUT2D eigenvalue weighted by Crippen LogP contribution is 2.13. The number of halogens is 1. The molecule has 0 spiro atoms. The predicted molar refractivity (Wildman–Crippen MR) is 109 cm³/mol. The molecular formula is C18H28IN3O2. The van der Waals surface area contributed by atoms with Crippen LogP contribution >= 0.6 is 24.0 Å². The molecule has 0 atom stereocenters. The lowest BCUT2D eigenvalue weighted by molar-refractivity contribution is 0.146. The minimum Gasteiger partial charge on any atom is -0.491 e. The summed E-state index contributed by atoms with van der Waals surface area (Å²) in [4.78, 5) is 4.66. The standard InChI is InChI=1S/C18H27N3O2.HI/c1-3-19-18(21-16-6-4-5-7-16)20-14-15-8-10-17(11-9-15)23-13-12-22-2;/h4-5,8-11,16H,3,6-7,12-14H2,1-2H3,(H2,19,20,21);1H. The second kappa shape index (κ2) is 12.1. The summed E-state index contributed by atoms with van der Waals surface area (Å²) in [5.41, 5.74) is 1.16. The number of ether oxygens (including phenoxy) is 2. The smallest absolute Gasteiger partial charge is 0.191 e. The van der Waals surface area contributed by atoms with Crippen molar-refractivity contribution in [2.75, 3.05) is 26.9 Å². The Morgan fingerprint density at radius 1 is 1.17 bits per heavy atom. The number of rotatable bonds is 8. The van der Waals surface area contributed by atoms with Gasteiger partial charge >= 0.3 is 0 Å². The molecule has 2 rings (SSSR count). The average Bonchev–Trinajstić information content (AvgIpc) is 3.07. The van der Waals surface area contributed by atoms with Crippen LogP contribution in [0, 0.1) is 0 Å². The zero-order valence-corrected chi connectivity index (χ0v) is 16.8. The van der Waals surface area contributed by atoms with Gasteiger partial charge in [-0.05, 0) is 37.5 Å². The van der Waals surface area contributed by atoms with E-state index in [1.807, 2.05) is 24.3 Å². The van der Waals surface area contributed by atoms with Gasteiger partial charge in [-0.2, -0.15) is 0 Å². The van der Waals surface area contributed by atoms with Gasteiger partial charge in [-0.3, -0.25) is 0 Å². The first-order valence-corrected chi connectivity index (χ1v) is 8.22. The topological polar surface area (TPSA) is 54.9 Å². The van der Waals surface area contributed by atoms with Crippen LogP contribution in [0.4, 0.5) is 0 Å². The molecule has 0 radical (unpaired) electrons. The van der Waals surface area contributed by atoms with Crippen LogP contribution in [0.3, 0.4) is 0 Å². The van der Waals surface area contributed by atoms with Crippen LogP contribution in [0.25, 0.3) is 0 Å². The molecule has 134 valence electrons. The van der Waals surface area contributed by atoms with E-state index in [2.05, 4.69) is 34.7 Å². The van der Waals surface area contributed by atoms with Gasteiger partial charge in [-0.15, -0.1) is 24.0 Å². The second-order valence-electron chi connectivity index (χ2n) is 5.46. The summed E-state index contributed by atoms with van der Waals surface area (Å²) in [6, 6.07) is 8.51. The molecular weight excluding hydrogens is 417 g/mol. The maximum Gasteiger partial charge on any atom is 0.191 e. The third-order valence-electron chi connectivity index (χ3n) is 3.59. The number of methoxy groups -OCH3 is 1. The first-order valence-electron chi connectivity index (χ1n) is 8.22. The Morgan fingerprint density at radius 2 is 1.88 bits per heavy atom. The van der Waals surface area contributed by atoms with Crippen LogP contribution in [0.1, 0.15) is 25.3 Å². The van der Waals surface area contributed by atoms with Crippen LogP contribution in [0.2, 0.25) is 0 Å². The van der Waals surface area contributed by atoms with Crippen LogP contribution < -0.4 is 15.4 Å². The summed E-state index contributed by atoms with van der Waals surface area (Å²) in [6.07, 6.45) is 6.56. The highest BCUT2D eigenvalue weighted by molar-refractivity contribution is 14.0. The zero-order valence-electron chi connectivity index (χ0n) is 14.5. The van der Waals surface area contributed by atoms with Crippen LogP contribution in [-0.4, -0.2) is 38.9 Å². The lowest BCUT2D eigenvalue weighted by atomic mass is 10.2. The molecule has 0 heterocycles. The Hall–Kier alpha value is -1.28. The molecule has 0 saturated heterocycles. The van der Waals surface area contributed by atoms with E-state index in [0.29, 0.717) is 25.8 Å². The summed E-state index contributed by atoms with van der Waals surface area (Å²) in [6.45, 7) is 4.75. The van der Waals surface area contributed by atoms with Gasteiger partial charge in [0.2, 0.25) is 0 Å². The molecule has 0 bridgehead atoms. The van der Waals surface area contributed by atoms with Crippen molar-refractivity contribution < 1.29 is 9.47 Å². The highest BCUT2D eigenvalue weighted by atomic mass is 127. The van der Waals surface area contributed by atoms with Gasteiger partial charge < -0.3 is 20.1 Å². The summed E-state index contributed by atoms with van der Waals surface area (Å²) in [5, 5.41) is 6.77. The number of nitrogens with one attached hydrogen (secondary N) is 2. The molecule has 24 heavy (non-hydrogen) atoms. The molecule has 6 heteroatoms. The molecule has 0 fully saturated rings. The fourth-order valence-electron chi connectivity index (χ4n) is 2.35. The van der Waals surface area contributed by atoms with Crippen molar-refractivity contribution in [1.82, 2.24) is 10.6 Å². The third-order valence-corrected chi connectivity index (χ3v) is 3.59. The van der Waals surface area contributed by atoms with Crippen molar-refractivity contribution >= 4 is 29.9 Å². The molecule has 1 aliphatic rings. The number of hydrogen-bond donors (Lipinski definition) is 2. The number of aliphatic imine (C=N–C) groups is 1. The van der Waals surface area contributed by atoms with Crippen molar-refractivity contribution in [3.05, 3.63) is 42.0 Å². The Bertz CT molecular complexity index is 510. The van der Waals surface area contributed by atoms with E-state index in [1.54, 1.807) is 7.11 Å². The Morgan fingerprint density at radius 3 is 2.50 bits per heavy atom. The average molecular weight is 445 g/mol. The largest absolute Gasteiger partial charge is 0.491 e. The van der Waals surface area contributed by atoms with Gasteiger partial charge in [0.05, 0.1) is 13.2 Å². The lowest BCUT2D eigenvalue weighted by Gasteiger charge is -2.16. The van der Waals surface area contributed by atoms with Gasteiger partial charge in [-0.1, -0.05) is 24.3 Å². The SMILES string of the molecule is CCNC(=NCc1ccc(OCCOC)cc1)NC1CC=CC1.I. The van der Waals surface area contributed by atoms with Gasteiger partial charge in [0, 0.05) is 19.7 Å². The Labute approximate surface area is 161 Å². The van der Waals surface area contributed by atoms with E-state index < -0.39 is 0 Å². The fraction of sp³-hybridized carbons (Fsp3) is 0.500. The first kappa shape index (κ1) is 20.8. The zero-order chi connectivity index (χ0) is 16.3. The summed E-state index contributed by atoms with van der Waals surface area (Å²) >= 11 is 0. The second-order valence-corrected chi connectivity index (χ2v) is 5.46. The number of guanidine groups is 1. The third kappa shape index (κ3) is 7.53. The molecule has 0 amide bonds. The highest BCUT2D eigenvalue weighted by Gasteiger charge is 2.11. The van der Waals surface area contributed by atoms with Crippen LogP contribution in [-0.2, 0) is 11.3 Å². The molecule has 5 nitrogen and oxygen atoms in total. The van der Waals surface area contributed by atoms with Crippen molar-refractivity contribution in [2.45, 2.75) is 32.4 Å². The summed E-state index contributed by atoms with van der Waals surface area (Å²) < 4.78 is 10.5. The quantitative estimate of drug-likeness (QED) is 0.212. The summed E-state index contributed by atoms with van der Waals surface area (Å²) in [5.74, 6) is 1.73. The first-order chi connectivity index (χ1) is 11.3. The van der Waals surface area contributed by atoms with E-state index in [-0.39, 0.29) is 24.0 Å². The van der Waals surface area contributed by atoms with Gasteiger partial charge in [0.15, 0.2) is 5.96 Å². The summed E-state index contributed by atoms with van der Waals surface area (Å²) in [7, 11) is 1.67. The molecule has 0 aromatic heterocycles. The number of hydrogen-bond acceptors (Lipinski definition) is 3. The Kier molecular flexibility index (Phi) is 10.5. The van der Waals surface area contributed by atoms with Crippen molar-refractivity contribution in [3.63, 3.8) is 0 Å². The van der Waals surface area contributed by atoms with Crippen LogP contribution in [0.5, 0.6) is 5.75 Å². The number of benzene rings is 1. The minimum atomic E-state index is 0. The van der Waals surface area contributed by atoms with Gasteiger partial charge in [-0.25, -0.2) is 4.99 Å². The van der Waals surface area contributed by atoms with E-state index in [9.17, 15) is 0 Å². The van der Waals surface area contributed by atoms with Crippen LogP contribution in [0.15, 0.2) is 41.4 Å².